The van der Waals surface area contributed by atoms with Gasteiger partial charge in [-0.2, -0.15) is 0 Å². The Morgan fingerprint density at radius 1 is 1.78 bits per heavy atom. The predicted molar refractivity (Wildman–Crippen MR) is 35.6 cm³/mol. The Kier molecular flexibility index (Phi) is 3.72. The number of rotatable bonds is 1. The average Bonchev–Trinajstić information content (AvgIpc) is 2.13. The summed E-state index contributed by atoms with van der Waals surface area (Å²) < 4.78 is 6.41. The fraction of sp³-hybridized carbons (Fsp3) is 0.600. The minimum atomic E-state index is 0.00619. The van der Waals surface area contributed by atoms with Crippen molar-refractivity contribution in [3.63, 3.8) is 0 Å². The van der Waals surface area contributed by atoms with E-state index >= 15 is 0 Å². The van der Waals surface area contributed by atoms with Gasteiger partial charge in [0.2, 0.25) is 0 Å². The fourth-order valence-corrected chi connectivity index (χ4v) is 2.45. The molecule has 9 heavy (non-hydrogen) atoms. The van der Waals surface area contributed by atoms with E-state index in [0.717, 1.165) is 19.6 Å². The first-order valence-corrected chi connectivity index (χ1v) is 8.66. The van der Waals surface area contributed by atoms with Gasteiger partial charge in [-0.3, -0.25) is 0 Å². The summed E-state index contributed by atoms with van der Waals surface area (Å²) >= 11 is 3.45. The summed E-state index contributed by atoms with van der Waals surface area (Å²) in [6.07, 6.45) is 2.94. The van der Waals surface area contributed by atoms with E-state index in [1.165, 1.54) is 3.70 Å². The van der Waals surface area contributed by atoms with E-state index in [1.54, 1.807) is 0 Å². The van der Waals surface area contributed by atoms with Crippen LogP contribution in [0.4, 0.5) is 0 Å². The molecule has 2 nitrogen and oxygen atoms in total. The van der Waals surface area contributed by atoms with Crippen molar-refractivity contribution in [2.75, 3.05) is 13.2 Å². The Balaban J connectivity index is 2.37. The number of hydrogen-bond acceptors (Lipinski definition) is 2. The summed E-state index contributed by atoms with van der Waals surface area (Å²) in [7, 11) is 0. The molecular weight excluding hydrogens is 297 g/mol. The summed E-state index contributed by atoms with van der Waals surface area (Å²) in [5.74, 6) is 0. The molecule has 4 heteroatoms. The molecule has 0 bridgehead atoms. The third-order valence-electron chi connectivity index (χ3n) is 0.997. The molecule has 0 aliphatic carbocycles. The van der Waals surface area contributed by atoms with Crippen molar-refractivity contribution in [2.24, 2.45) is 0 Å². The molecule has 0 saturated heterocycles. The first-order chi connectivity index (χ1) is 4.43. The molecule has 0 unspecified atom stereocenters. The monoisotopic (exact) mass is 304 g/mol. The van der Waals surface area contributed by atoms with Crippen molar-refractivity contribution in [3.05, 3.63) is 9.97 Å². The Hall–Kier alpha value is 0.550. The summed E-state index contributed by atoms with van der Waals surface area (Å²) in [5, 5.41) is 3.27. The Morgan fingerprint density at radius 3 is 3.44 bits per heavy atom. The molecule has 1 heterocycles. The molecule has 1 aliphatic heterocycles. The van der Waals surface area contributed by atoms with Crippen molar-refractivity contribution >= 4 is 12.7 Å². The van der Waals surface area contributed by atoms with Crippen LogP contribution in [0.2, 0.25) is 0 Å². The average molecular weight is 305 g/mol. The van der Waals surface area contributed by atoms with E-state index in [1.807, 2.05) is 6.26 Å². The number of nitrogens with one attached hydrogen (secondary N) is 1. The van der Waals surface area contributed by atoms with Crippen LogP contribution < -0.4 is 24.3 Å². The zero-order chi connectivity index (χ0) is 6.53. The van der Waals surface area contributed by atoms with Crippen LogP contribution in [-0.4, -0.2) is 13.2 Å². The first kappa shape index (κ1) is 7.65. The number of ether oxygens (including phenoxy) is 1. The fourth-order valence-electron chi connectivity index (χ4n) is 0.579. The van der Waals surface area contributed by atoms with Gasteiger partial charge in [0.1, 0.15) is 0 Å². The maximum absolute atomic E-state index is 5.17. The normalized spacial score (nSPS) is 19.4. The van der Waals surface area contributed by atoms with Crippen molar-refractivity contribution in [2.45, 2.75) is 6.42 Å². The van der Waals surface area contributed by atoms with Gasteiger partial charge in [0, 0.05) is 0 Å². The quantitative estimate of drug-likeness (QED) is 0.456. The summed E-state index contributed by atoms with van der Waals surface area (Å²) in [6.45, 7) is 1.91. The van der Waals surface area contributed by atoms with Crippen LogP contribution in [0.1, 0.15) is 6.42 Å². The van der Waals surface area contributed by atoms with E-state index in [9.17, 15) is 0 Å². The molecule has 0 aromatic carbocycles. The molecule has 1 rings (SSSR count). The van der Waals surface area contributed by atoms with Crippen LogP contribution in [0.5, 0.6) is 0 Å². The zero-order valence-electron chi connectivity index (χ0n) is 4.86. The predicted octanol–water partition coefficient (Wildman–Crippen LogP) is -1.81. The van der Waals surface area contributed by atoms with Gasteiger partial charge in [-0.25, -0.2) is 0 Å². The SMILES string of the molecule is Br[I-]C1=COCCCN1. The number of hydrogen-bond donors (Lipinski definition) is 1. The van der Waals surface area contributed by atoms with Crippen LogP contribution in [0, 0.1) is 0 Å². The van der Waals surface area contributed by atoms with Crippen molar-refractivity contribution < 1.29 is 23.7 Å². The molecule has 0 amide bonds. The van der Waals surface area contributed by atoms with Gasteiger partial charge in [-0.15, -0.1) is 0 Å². The van der Waals surface area contributed by atoms with Crippen LogP contribution in [-0.2, 0) is 4.74 Å². The molecule has 0 saturated carbocycles. The van der Waals surface area contributed by atoms with Crippen molar-refractivity contribution in [3.8, 4) is 0 Å². The molecule has 1 N–H and O–H groups in total. The zero-order valence-corrected chi connectivity index (χ0v) is 8.61. The third kappa shape index (κ3) is 2.75. The second-order valence-corrected chi connectivity index (χ2v) is 5.27. The molecule has 1 aliphatic rings. The minimum absolute atomic E-state index is 0.00619. The maximum atomic E-state index is 5.17. The van der Waals surface area contributed by atoms with Gasteiger partial charge in [-0.1, -0.05) is 0 Å². The Labute approximate surface area is 71.0 Å². The number of halogens is 2. The second kappa shape index (κ2) is 4.38. The van der Waals surface area contributed by atoms with Gasteiger partial charge in [0.15, 0.2) is 0 Å². The van der Waals surface area contributed by atoms with Crippen LogP contribution in [0.3, 0.4) is 0 Å². The van der Waals surface area contributed by atoms with Gasteiger partial charge in [0.05, 0.1) is 0 Å². The first-order valence-electron chi connectivity index (χ1n) is 2.75. The van der Waals surface area contributed by atoms with E-state index in [4.69, 9.17) is 4.74 Å². The second-order valence-electron chi connectivity index (χ2n) is 1.69. The standard InChI is InChI=1S/C5H8BrINO/c6-7-5-4-9-3-1-2-8-5/h4,8H,1-3H2/q-1. The molecule has 0 radical (unpaired) electrons. The van der Waals surface area contributed by atoms with Crippen molar-refractivity contribution in [1.82, 2.24) is 5.32 Å². The van der Waals surface area contributed by atoms with Crippen LogP contribution in [0.25, 0.3) is 0 Å². The molecule has 0 spiro atoms. The van der Waals surface area contributed by atoms with E-state index < -0.39 is 0 Å². The van der Waals surface area contributed by atoms with Gasteiger partial charge >= 0.3 is 71.3 Å². The molecule has 0 atom stereocenters. The topological polar surface area (TPSA) is 21.3 Å². The molecule has 0 aromatic rings. The molecule has 0 fully saturated rings. The van der Waals surface area contributed by atoms with Crippen LogP contribution in [0.15, 0.2) is 9.97 Å². The van der Waals surface area contributed by atoms with E-state index in [0.29, 0.717) is 0 Å². The summed E-state index contributed by atoms with van der Waals surface area (Å²) in [6, 6.07) is 0. The molecular formula is C5H8BrINO-. The van der Waals surface area contributed by atoms with E-state index in [2.05, 4.69) is 18.0 Å². The molecule has 54 valence electrons. The molecule has 0 aromatic heterocycles. The van der Waals surface area contributed by atoms with Crippen LogP contribution >= 0.6 is 12.7 Å². The van der Waals surface area contributed by atoms with Gasteiger partial charge in [-0.05, 0) is 0 Å². The third-order valence-corrected chi connectivity index (χ3v) is 4.24. The Bertz CT molecular complexity index is 118. The summed E-state index contributed by atoms with van der Waals surface area (Å²) in [5.41, 5.74) is 0. The van der Waals surface area contributed by atoms with Gasteiger partial charge in [0.25, 0.3) is 0 Å². The van der Waals surface area contributed by atoms with E-state index in [-0.39, 0.29) is 19.0 Å². The Morgan fingerprint density at radius 2 is 2.67 bits per heavy atom. The van der Waals surface area contributed by atoms with Crippen molar-refractivity contribution in [1.29, 1.82) is 0 Å². The summed E-state index contributed by atoms with van der Waals surface area (Å²) in [4.78, 5) is 0. The van der Waals surface area contributed by atoms with Gasteiger partial charge < -0.3 is 0 Å².